The number of Topliss-reactive ketones (excluding diaryl/α,β-unsaturated/α-hetero) is 1. The van der Waals surface area contributed by atoms with Crippen LogP contribution in [0.5, 0.6) is 0 Å². The number of para-hydroxylation sites is 1. The number of benzene rings is 2. The lowest BCUT2D eigenvalue weighted by Crippen LogP contribution is -3.15. The first kappa shape index (κ1) is 17.9. The number of carbonyl (C=O) groups is 2. The molecule has 0 unspecified atom stereocenters. The van der Waals surface area contributed by atoms with Crippen molar-refractivity contribution in [2.75, 3.05) is 37.9 Å². The average Bonchev–Trinajstić information content (AvgIpc) is 2.92. The quantitative estimate of drug-likeness (QED) is 0.749. The summed E-state index contributed by atoms with van der Waals surface area (Å²) >= 11 is 0. The molecule has 2 N–H and O–H groups in total. The van der Waals surface area contributed by atoms with E-state index >= 15 is 0 Å². The third-order valence-corrected chi connectivity index (χ3v) is 5.33. The third kappa shape index (κ3) is 3.27. The zero-order valence-electron chi connectivity index (χ0n) is 15.1. The minimum Gasteiger partial charge on any atom is -0.375 e. The second kappa shape index (κ2) is 7.23. The molecule has 2 aromatic carbocycles. The van der Waals surface area contributed by atoms with E-state index in [9.17, 15) is 14.7 Å². The van der Waals surface area contributed by atoms with E-state index in [2.05, 4.69) is 0 Å². The van der Waals surface area contributed by atoms with Gasteiger partial charge in [0.2, 0.25) is 0 Å². The van der Waals surface area contributed by atoms with Gasteiger partial charge in [-0.25, -0.2) is 0 Å². The van der Waals surface area contributed by atoms with Crippen LogP contribution in [0.25, 0.3) is 0 Å². The number of anilines is 1. The van der Waals surface area contributed by atoms with Crippen LogP contribution >= 0.6 is 0 Å². The van der Waals surface area contributed by atoms with E-state index < -0.39 is 11.5 Å². The van der Waals surface area contributed by atoms with Gasteiger partial charge in [-0.2, -0.15) is 0 Å². The number of fused-ring (bicyclic) bond motifs is 1. The Morgan fingerprint density at radius 1 is 1.07 bits per heavy atom. The average molecular weight is 367 g/mol. The van der Waals surface area contributed by atoms with Crippen LogP contribution < -0.4 is 9.80 Å². The molecule has 2 heterocycles. The van der Waals surface area contributed by atoms with Crippen LogP contribution in [0.3, 0.4) is 0 Å². The molecule has 4 rings (SSSR count). The molecule has 2 aliphatic rings. The van der Waals surface area contributed by atoms with Crippen LogP contribution in [0.4, 0.5) is 5.69 Å². The highest BCUT2D eigenvalue weighted by atomic mass is 16.5. The molecule has 1 atom stereocenters. The van der Waals surface area contributed by atoms with Gasteiger partial charge in [0.15, 0.2) is 18.1 Å². The number of amides is 1. The summed E-state index contributed by atoms with van der Waals surface area (Å²) in [7, 11) is 0. The lowest BCUT2D eigenvalue weighted by Gasteiger charge is -2.29. The monoisotopic (exact) mass is 367 g/mol. The summed E-state index contributed by atoms with van der Waals surface area (Å²) < 4.78 is 5.38. The molecule has 1 amide bonds. The van der Waals surface area contributed by atoms with Crippen LogP contribution in [-0.2, 0) is 15.1 Å². The number of nitrogens with zero attached hydrogens (tertiary/aromatic N) is 1. The van der Waals surface area contributed by atoms with Crippen molar-refractivity contribution in [1.29, 1.82) is 0 Å². The molecular formula is C21H23N2O4+. The first-order chi connectivity index (χ1) is 13.1. The van der Waals surface area contributed by atoms with Crippen LogP contribution in [0.2, 0.25) is 0 Å². The van der Waals surface area contributed by atoms with Crippen LogP contribution in [0.15, 0.2) is 54.6 Å². The minimum atomic E-state index is -1.82. The molecule has 140 valence electrons. The Labute approximate surface area is 158 Å². The maximum absolute atomic E-state index is 13.2. The first-order valence-corrected chi connectivity index (χ1v) is 9.23. The van der Waals surface area contributed by atoms with Gasteiger partial charge in [0, 0.05) is 11.1 Å². The predicted molar refractivity (Wildman–Crippen MR) is 99.6 cm³/mol. The van der Waals surface area contributed by atoms with Crippen molar-refractivity contribution in [3.63, 3.8) is 0 Å². The number of nitrogens with one attached hydrogen (secondary N) is 1. The summed E-state index contributed by atoms with van der Waals surface area (Å²) in [6.45, 7) is 3.41. The molecule has 1 fully saturated rings. The standard InChI is InChI=1S/C21H22N2O4/c24-19(16-6-2-1-3-7-16)14-21(26)17-8-4-5-9-18(17)23(20(21)25)15-22-10-12-27-13-11-22/h1-9,26H,10-15H2/p+1/t21-/m1/s1. The lowest BCUT2D eigenvalue weighted by atomic mass is 9.88. The summed E-state index contributed by atoms with van der Waals surface area (Å²) in [5.41, 5.74) is -0.139. The lowest BCUT2D eigenvalue weighted by molar-refractivity contribution is -0.906. The molecule has 0 bridgehead atoms. The molecule has 2 aromatic rings. The molecule has 0 saturated carbocycles. The fourth-order valence-corrected chi connectivity index (χ4v) is 3.83. The van der Waals surface area contributed by atoms with Crippen molar-refractivity contribution in [3.05, 3.63) is 65.7 Å². The summed E-state index contributed by atoms with van der Waals surface area (Å²) in [4.78, 5) is 28.8. The highest BCUT2D eigenvalue weighted by Gasteiger charge is 2.51. The third-order valence-electron chi connectivity index (χ3n) is 5.33. The van der Waals surface area contributed by atoms with Gasteiger partial charge in [0.05, 0.1) is 25.3 Å². The number of hydrogen-bond acceptors (Lipinski definition) is 4. The van der Waals surface area contributed by atoms with E-state index in [0.29, 0.717) is 36.7 Å². The van der Waals surface area contributed by atoms with Crippen molar-refractivity contribution in [1.82, 2.24) is 0 Å². The smallest absolute Gasteiger partial charge is 0.268 e. The van der Waals surface area contributed by atoms with Crippen LogP contribution in [-0.4, -0.2) is 49.8 Å². The van der Waals surface area contributed by atoms with E-state index in [1.54, 1.807) is 41.3 Å². The normalized spacial score (nSPS) is 22.7. The molecule has 27 heavy (non-hydrogen) atoms. The number of ether oxygens (including phenoxy) is 1. The number of ketones is 1. The Morgan fingerprint density at radius 2 is 1.74 bits per heavy atom. The molecule has 1 saturated heterocycles. The van der Waals surface area contributed by atoms with Gasteiger partial charge in [0.25, 0.3) is 5.91 Å². The fourth-order valence-electron chi connectivity index (χ4n) is 3.83. The Kier molecular flexibility index (Phi) is 4.78. The topological polar surface area (TPSA) is 71.3 Å². The Balaban J connectivity index is 1.62. The van der Waals surface area contributed by atoms with Crippen molar-refractivity contribution >= 4 is 17.4 Å². The van der Waals surface area contributed by atoms with Crippen molar-refractivity contribution in [2.24, 2.45) is 0 Å². The maximum Gasteiger partial charge on any atom is 0.268 e. The number of quaternary nitrogens is 1. The van der Waals surface area contributed by atoms with E-state index in [1.807, 2.05) is 18.2 Å². The number of rotatable bonds is 5. The van der Waals surface area contributed by atoms with E-state index in [-0.39, 0.29) is 12.2 Å². The van der Waals surface area contributed by atoms with Gasteiger partial charge in [-0.3, -0.25) is 14.5 Å². The van der Waals surface area contributed by atoms with E-state index in [4.69, 9.17) is 4.74 Å². The largest absolute Gasteiger partial charge is 0.375 e. The molecule has 0 spiro atoms. The van der Waals surface area contributed by atoms with Crippen LogP contribution in [0, 0.1) is 0 Å². The second-order valence-electron chi connectivity index (χ2n) is 7.10. The van der Waals surface area contributed by atoms with Gasteiger partial charge in [-0.05, 0) is 6.07 Å². The second-order valence-corrected chi connectivity index (χ2v) is 7.10. The van der Waals surface area contributed by atoms with Crippen LogP contribution in [0.1, 0.15) is 22.3 Å². The molecule has 0 radical (unpaired) electrons. The van der Waals surface area contributed by atoms with Gasteiger partial charge in [-0.15, -0.1) is 0 Å². The van der Waals surface area contributed by atoms with Gasteiger partial charge in [-0.1, -0.05) is 48.5 Å². The summed E-state index contributed by atoms with van der Waals surface area (Å²) in [6, 6.07) is 16.0. The summed E-state index contributed by atoms with van der Waals surface area (Å²) in [5.74, 6) is -0.672. The molecule has 0 aromatic heterocycles. The van der Waals surface area contributed by atoms with Gasteiger partial charge in [0.1, 0.15) is 13.1 Å². The van der Waals surface area contributed by atoms with E-state index in [1.165, 1.54) is 4.90 Å². The maximum atomic E-state index is 13.2. The number of aliphatic hydroxyl groups is 1. The van der Waals surface area contributed by atoms with Crippen molar-refractivity contribution in [3.8, 4) is 0 Å². The zero-order chi connectivity index (χ0) is 18.9. The van der Waals surface area contributed by atoms with Crippen molar-refractivity contribution in [2.45, 2.75) is 12.0 Å². The molecule has 2 aliphatic heterocycles. The highest BCUT2D eigenvalue weighted by molar-refractivity contribution is 6.10. The summed E-state index contributed by atoms with van der Waals surface area (Å²) in [6.07, 6.45) is -0.262. The molecule has 6 nitrogen and oxygen atoms in total. The SMILES string of the molecule is O=C(C[C@]1(O)C(=O)N(C[NH+]2CCOCC2)c2ccccc21)c1ccccc1. The Morgan fingerprint density at radius 3 is 2.48 bits per heavy atom. The number of carbonyl (C=O) groups excluding carboxylic acids is 2. The minimum absolute atomic E-state index is 0.248. The number of hydrogen-bond donors (Lipinski definition) is 2. The first-order valence-electron chi connectivity index (χ1n) is 9.23. The zero-order valence-corrected chi connectivity index (χ0v) is 15.1. The Hall–Kier alpha value is -2.54. The predicted octanol–water partition coefficient (Wildman–Crippen LogP) is 0.366. The molecule has 6 heteroatoms. The van der Waals surface area contributed by atoms with E-state index in [0.717, 1.165) is 13.1 Å². The molecule has 0 aliphatic carbocycles. The fraction of sp³-hybridized carbons (Fsp3) is 0.333. The highest BCUT2D eigenvalue weighted by Crippen LogP contribution is 2.42. The molecular weight excluding hydrogens is 344 g/mol. The van der Waals surface area contributed by atoms with Crippen molar-refractivity contribution < 1.29 is 24.3 Å². The van der Waals surface area contributed by atoms with Gasteiger partial charge >= 0.3 is 0 Å². The Bertz CT molecular complexity index is 848. The van der Waals surface area contributed by atoms with Gasteiger partial charge < -0.3 is 14.7 Å². The summed E-state index contributed by atoms with van der Waals surface area (Å²) in [5, 5.41) is 11.3. The number of morpholine rings is 1.